The van der Waals surface area contributed by atoms with Crippen LogP contribution in [-0.2, 0) is 4.74 Å². The SMILES string of the molecule is C=CC(NN)C1(OCC)CCCC1. The van der Waals surface area contributed by atoms with Gasteiger partial charge in [-0.15, -0.1) is 6.58 Å². The molecule has 0 amide bonds. The highest BCUT2D eigenvalue weighted by Crippen LogP contribution is 2.36. The zero-order valence-corrected chi connectivity index (χ0v) is 8.38. The molecule has 1 unspecified atom stereocenters. The lowest BCUT2D eigenvalue weighted by Gasteiger charge is -2.35. The number of nitrogens with two attached hydrogens (primary N) is 1. The number of hydrogen-bond donors (Lipinski definition) is 2. The second-order valence-corrected chi connectivity index (χ2v) is 3.58. The van der Waals surface area contributed by atoms with Crippen LogP contribution in [0.3, 0.4) is 0 Å². The summed E-state index contributed by atoms with van der Waals surface area (Å²) in [4.78, 5) is 0. The molecule has 0 heterocycles. The first-order valence-electron chi connectivity index (χ1n) is 5.01. The zero-order valence-electron chi connectivity index (χ0n) is 8.38. The van der Waals surface area contributed by atoms with Gasteiger partial charge in [-0.05, 0) is 19.8 Å². The zero-order chi connectivity index (χ0) is 9.73. The Hall–Kier alpha value is -0.380. The molecule has 0 radical (unpaired) electrons. The van der Waals surface area contributed by atoms with E-state index in [1.807, 2.05) is 13.0 Å². The van der Waals surface area contributed by atoms with Gasteiger partial charge in [-0.2, -0.15) is 0 Å². The lowest BCUT2D eigenvalue weighted by molar-refractivity contribution is -0.0502. The van der Waals surface area contributed by atoms with Gasteiger partial charge in [0, 0.05) is 6.61 Å². The molecule has 1 aliphatic rings. The van der Waals surface area contributed by atoms with Crippen molar-refractivity contribution in [3.63, 3.8) is 0 Å². The molecule has 0 bridgehead atoms. The van der Waals surface area contributed by atoms with Crippen LogP contribution in [-0.4, -0.2) is 18.2 Å². The van der Waals surface area contributed by atoms with E-state index in [2.05, 4.69) is 12.0 Å². The van der Waals surface area contributed by atoms with Gasteiger partial charge in [-0.25, -0.2) is 0 Å². The topological polar surface area (TPSA) is 47.3 Å². The van der Waals surface area contributed by atoms with E-state index >= 15 is 0 Å². The van der Waals surface area contributed by atoms with Crippen LogP contribution in [0.25, 0.3) is 0 Å². The number of hydrogen-bond acceptors (Lipinski definition) is 3. The molecule has 0 aromatic rings. The first-order chi connectivity index (χ1) is 6.29. The summed E-state index contributed by atoms with van der Waals surface area (Å²) in [6.45, 7) is 6.55. The maximum atomic E-state index is 5.82. The minimum atomic E-state index is -0.0920. The molecule has 0 aromatic heterocycles. The van der Waals surface area contributed by atoms with Gasteiger partial charge in [0.05, 0.1) is 11.6 Å². The average Bonchev–Trinajstić information content (AvgIpc) is 2.57. The number of hydrazine groups is 1. The van der Waals surface area contributed by atoms with Gasteiger partial charge in [-0.3, -0.25) is 11.3 Å². The third-order valence-corrected chi connectivity index (χ3v) is 2.86. The van der Waals surface area contributed by atoms with Crippen LogP contribution in [0.2, 0.25) is 0 Å². The van der Waals surface area contributed by atoms with Crippen LogP contribution in [0, 0.1) is 0 Å². The molecule has 1 rings (SSSR count). The van der Waals surface area contributed by atoms with Crippen molar-refractivity contribution in [2.45, 2.75) is 44.2 Å². The standard InChI is InChI=1S/C10H20N2O/c1-3-9(12-11)10(13-4-2)7-5-6-8-10/h3,9,12H,1,4-8,11H2,2H3. The minimum Gasteiger partial charge on any atom is -0.373 e. The number of ether oxygens (including phenoxy) is 1. The van der Waals surface area contributed by atoms with Crippen LogP contribution in [0.15, 0.2) is 12.7 Å². The van der Waals surface area contributed by atoms with E-state index in [1.54, 1.807) is 0 Å². The summed E-state index contributed by atoms with van der Waals surface area (Å²) in [5.74, 6) is 5.48. The maximum absolute atomic E-state index is 5.82. The second kappa shape index (κ2) is 4.74. The predicted molar refractivity (Wildman–Crippen MR) is 54.1 cm³/mol. The monoisotopic (exact) mass is 184 g/mol. The molecule has 1 fully saturated rings. The van der Waals surface area contributed by atoms with Crippen molar-refractivity contribution in [1.82, 2.24) is 5.43 Å². The summed E-state index contributed by atoms with van der Waals surface area (Å²) in [6.07, 6.45) is 6.47. The first-order valence-corrected chi connectivity index (χ1v) is 5.01. The Bertz CT molecular complexity index is 164. The molecule has 1 saturated carbocycles. The van der Waals surface area contributed by atoms with Gasteiger partial charge in [0.2, 0.25) is 0 Å². The molecule has 1 atom stereocenters. The predicted octanol–water partition coefficient (Wildman–Crippen LogP) is 1.35. The largest absolute Gasteiger partial charge is 0.373 e. The van der Waals surface area contributed by atoms with Crippen molar-refractivity contribution < 1.29 is 4.74 Å². The van der Waals surface area contributed by atoms with E-state index < -0.39 is 0 Å². The molecule has 0 spiro atoms. The van der Waals surface area contributed by atoms with E-state index in [-0.39, 0.29) is 11.6 Å². The average molecular weight is 184 g/mol. The molecule has 1 aliphatic carbocycles. The highest BCUT2D eigenvalue weighted by molar-refractivity contribution is 5.04. The van der Waals surface area contributed by atoms with Crippen molar-refractivity contribution >= 4 is 0 Å². The Morgan fingerprint density at radius 3 is 2.62 bits per heavy atom. The third-order valence-electron chi connectivity index (χ3n) is 2.86. The van der Waals surface area contributed by atoms with Crippen molar-refractivity contribution in [3.05, 3.63) is 12.7 Å². The quantitative estimate of drug-likeness (QED) is 0.385. The van der Waals surface area contributed by atoms with Crippen LogP contribution < -0.4 is 11.3 Å². The fourth-order valence-electron chi connectivity index (χ4n) is 2.24. The normalized spacial score (nSPS) is 22.9. The number of rotatable bonds is 5. The molecule has 0 aromatic carbocycles. The molecule has 0 saturated heterocycles. The molecular weight excluding hydrogens is 164 g/mol. The van der Waals surface area contributed by atoms with Gasteiger partial charge >= 0.3 is 0 Å². The van der Waals surface area contributed by atoms with E-state index in [1.165, 1.54) is 12.8 Å². The van der Waals surface area contributed by atoms with Crippen molar-refractivity contribution in [3.8, 4) is 0 Å². The highest BCUT2D eigenvalue weighted by atomic mass is 16.5. The lowest BCUT2D eigenvalue weighted by Crippen LogP contribution is -2.52. The minimum absolute atomic E-state index is 0.0787. The Labute approximate surface area is 80.3 Å². The fraction of sp³-hybridized carbons (Fsp3) is 0.800. The summed E-state index contributed by atoms with van der Waals surface area (Å²) >= 11 is 0. The summed E-state index contributed by atoms with van der Waals surface area (Å²) in [5.41, 5.74) is 2.68. The van der Waals surface area contributed by atoms with Crippen molar-refractivity contribution in [2.75, 3.05) is 6.61 Å². The Morgan fingerprint density at radius 1 is 1.62 bits per heavy atom. The van der Waals surface area contributed by atoms with Crippen LogP contribution >= 0.6 is 0 Å². The van der Waals surface area contributed by atoms with Crippen LogP contribution in [0.5, 0.6) is 0 Å². The third kappa shape index (κ3) is 2.10. The van der Waals surface area contributed by atoms with Gasteiger partial charge in [0.1, 0.15) is 0 Å². The fourth-order valence-corrected chi connectivity index (χ4v) is 2.24. The summed E-state index contributed by atoms with van der Waals surface area (Å²) in [5, 5.41) is 0. The van der Waals surface area contributed by atoms with E-state index in [0.29, 0.717) is 0 Å². The molecule has 13 heavy (non-hydrogen) atoms. The van der Waals surface area contributed by atoms with E-state index in [0.717, 1.165) is 19.4 Å². The van der Waals surface area contributed by atoms with Gasteiger partial charge in [0.15, 0.2) is 0 Å². The Morgan fingerprint density at radius 2 is 2.23 bits per heavy atom. The lowest BCUT2D eigenvalue weighted by atomic mass is 9.92. The maximum Gasteiger partial charge on any atom is 0.0883 e. The molecule has 3 nitrogen and oxygen atoms in total. The summed E-state index contributed by atoms with van der Waals surface area (Å²) in [7, 11) is 0. The van der Waals surface area contributed by atoms with E-state index in [9.17, 15) is 0 Å². The van der Waals surface area contributed by atoms with Gasteiger partial charge in [0.25, 0.3) is 0 Å². The van der Waals surface area contributed by atoms with Crippen molar-refractivity contribution in [2.24, 2.45) is 5.84 Å². The summed E-state index contributed by atoms with van der Waals surface area (Å²) < 4.78 is 5.82. The Balaban J connectivity index is 2.69. The van der Waals surface area contributed by atoms with Crippen LogP contribution in [0.1, 0.15) is 32.6 Å². The Kier molecular flexibility index (Phi) is 3.90. The summed E-state index contributed by atoms with van der Waals surface area (Å²) in [6, 6.07) is 0.0787. The highest BCUT2D eigenvalue weighted by Gasteiger charge is 2.40. The molecular formula is C10H20N2O. The molecule has 3 heteroatoms. The van der Waals surface area contributed by atoms with Gasteiger partial charge in [-0.1, -0.05) is 18.9 Å². The number of nitrogens with one attached hydrogen (secondary N) is 1. The van der Waals surface area contributed by atoms with Gasteiger partial charge < -0.3 is 4.74 Å². The smallest absolute Gasteiger partial charge is 0.0883 e. The first kappa shape index (κ1) is 10.7. The molecule has 0 aliphatic heterocycles. The van der Waals surface area contributed by atoms with E-state index in [4.69, 9.17) is 10.6 Å². The van der Waals surface area contributed by atoms with Crippen LogP contribution in [0.4, 0.5) is 0 Å². The molecule has 76 valence electrons. The second-order valence-electron chi connectivity index (χ2n) is 3.58. The van der Waals surface area contributed by atoms with Crippen molar-refractivity contribution in [1.29, 1.82) is 0 Å². The molecule has 3 N–H and O–H groups in total.